The van der Waals surface area contributed by atoms with Crippen LogP contribution in [0.1, 0.15) is 56.2 Å². The summed E-state index contributed by atoms with van der Waals surface area (Å²) in [4.78, 5) is 17.5. The van der Waals surface area contributed by atoms with Gasteiger partial charge in [0.25, 0.3) is 0 Å². The summed E-state index contributed by atoms with van der Waals surface area (Å²) in [7, 11) is 0. The number of hydrogen-bond donors (Lipinski definition) is 1. The van der Waals surface area contributed by atoms with Crippen LogP contribution in [0.3, 0.4) is 0 Å². The summed E-state index contributed by atoms with van der Waals surface area (Å²) >= 11 is 1.57. The average molecular weight is 332 g/mol. The number of rotatable bonds is 4. The van der Waals surface area contributed by atoms with E-state index < -0.39 is 0 Å². The molecule has 1 aliphatic carbocycles. The van der Waals surface area contributed by atoms with Gasteiger partial charge in [0, 0.05) is 49.5 Å². The SMILES string of the molecule is CCN1CCN(c2nc(C3CCCC3)ns2)CC1c1ncc[nH]1. The van der Waals surface area contributed by atoms with Crippen molar-refractivity contribution < 1.29 is 0 Å². The Morgan fingerprint density at radius 3 is 2.91 bits per heavy atom. The van der Waals surface area contributed by atoms with Crippen LogP contribution in [0.15, 0.2) is 12.4 Å². The van der Waals surface area contributed by atoms with Crippen LogP contribution < -0.4 is 4.90 Å². The highest BCUT2D eigenvalue weighted by atomic mass is 32.1. The van der Waals surface area contributed by atoms with Gasteiger partial charge in [0.1, 0.15) is 11.6 Å². The Morgan fingerprint density at radius 1 is 1.30 bits per heavy atom. The summed E-state index contributed by atoms with van der Waals surface area (Å²) in [5.41, 5.74) is 0. The van der Waals surface area contributed by atoms with E-state index in [2.05, 4.69) is 31.1 Å². The van der Waals surface area contributed by atoms with Crippen LogP contribution in [-0.4, -0.2) is 50.4 Å². The number of nitrogens with zero attached hydrogens (tertiary/aromatic N) is 5. The Balaban J connectivity index is 1.51. The molecule has 1 unspecified atom stereocenters. The van der Waals surface area contributed by atoms with Gasteiger partial charge in [-0.25, -0.2) is 9.97 Å². The van der Waals surface area contributed by atoms with Crippen molar-refractivity contribution in [2.45, 2.75) is 44.6 Å². The standard InChI is InChI=1S/C16H24N6S/c1-2-21-9-10-22(11-13(21)15-17-7-8-18-15)16-19-14(20-23-16)12-5-3-4-6-12/h7-8,12-13H,2-6,9-11H2,1H3,(H,17,18). The maximum atomic E-state index is 4.87. The molecule has 23 heavy (non-hydrogen) atoms. The molecule has 7 heteroatoms. The number of aromatic amines is 1. The zero-order chi connectivity index (χ0) is 15.6. The molecule has 2 aromatic rings. The van der Waals surface area contributed by atoms with E-state index in [1.54, 1.807) is 11.5 Å². The van der Waals surface area contributed by atoms with E-state index in [1.165, 1.54) is 25.7 Å². The molecular weight excluding hydrogens is 308 g/mol. The highest BCUT2D eigenvalue weighted by molar-refractivity contribution is 7.09. The molecule has 1 N–H and O–H groups in total. The van der Waals surface area contributed by atoms with E-state index in [9.17, 15) is 0 Å². The topological polar surface area (TPSA) is 60.9 Å². The molecule has 1 saturated carbocycles. The lowest BCUT2D eigenvalue weighted by Gasteiger charge is -2.39. The molecule has 2 aromatic heterocycles. The predicted octanol–water partition coefficient (Wildman–Crippen LogP) is 2.80. The summed E-state index contributed by atoms with van der Waals surface area (Å²) in [5, 5.41) is 1.08. The molecule has 0 amide bonds. The van der Waals surface area contributed by atoms with Crippen molar-refractivity contribution in [3.05, 3.63) is 24.0 Å². The molecule has 6 nitrogen and oxygen atoms in total. The lowest BCUT2D eigenvalue weighted by Crippen LogP contribution is -2.48. The number of piperazine rings is 1. The highest BCUT2D eigenvalue weighted by Gasteiger charge is 2.31. The van der Waals surface area contributed by atoms with Gasteiger partial charge in [-0.3, -0.25) is 4.90 Å². The van der Waals surface area contributed by atoms with Gasteiger partial charge in [0.15, 0.2) is 0 Å². The van der Waals surface area contributed by atoms with Crippen LogP contribution in [0.5, 0.6) is 0 Å². The first-order valence-electron chi connectivity index (χ1n) is 8.67. The van der Waals surface area contributed by atoms with Crippen molar-refractivity contribution >= 4 is 16.7 Å². The van der Waals surface area contributed by atoms with Gasteiger partial charge in [0.2, 0.25) is 5.13 Å². The van der Waals surface area contributed by atoms with Crippen LogP contribution in [0.25, 0.3) is 0 Å². The minimum absolute atomic E-state index is 0.308. The normalized spacial score (nSPS) is 23.7. The molecule has 2 fully saturated rings. The van der Waals surface area contributed by atoms with Crippen LogP contribution in [-0.2, 0) is 0 Å². The van der Waals surface area contributed by atoms with E-state index in [0.29, 0.717) is 12.0 Å². The fraction of sp³-hybridized carbons (Fsp3) is 0.688. The van der Waals surface area contributed by atoms with Crippen molar-refractivity contribution in [2.75, 3.05) is 31.1 Å². The largest absolute Gasteiger partial charge is 0.347 e. The molecule has 0 radical (unpaired) electrons. The number of H-pyrrole nitrogens is 1. The maximum Gasteiger partial charge on any atom is 0.205 e. The average Bonchev–Trinajstić information content (AvgIpc) is 3.35. The molecule has 4 rings (SSSR count). The minimum Gasteiger partial charge on any atom is -0.347 e. The molecule has 1 saturated heterocycles. The van der Waals surface area contributed by atoms with E-state index in [1.807, 2.05) is 12.4 Å². The Morgan fingerprint density at radius 2 is 2.17 bits per heavy atom. The Kier molecular flexibility index (Phi) is 4.31. The van der Waals surface area contributed by atoms with Crippen LogP contribution >= 0.6 is 11.5 Å². The second-order valence-electron chi connectivity index (χ2n) is 6.48. The first-order chi connectivity index (χ1) is 11.3. The van der Waals surface area contributed by atoms with Crippen LogP contribution in [0.4, 0.5) is 5.13 Å². The number of anilines is 1. The predicted molar refractivity (Wildman–Crippen MR) is 91.9 cm³/mol. The number of nitrogens with one attached hydrogen (secondary N) is 1. The Bertz CT molecular complexity index is 618. The van der Waals surface area contributed by atoms with Crippen molar-refractivity contribution in [3.8, 4) is 0 Å². The number of aromatic nitrogens is 4. The van der Waals surface area contributed by atoms with Crippen molar-refractivity contribution in [3.63, 3.8) is 0 Å². The van der Waals surface area contributed by atoms with Gasteiger partial charge in [-0.05, 0) is 19.4 Å². The number of likely N-dealkylation sites (N-methyl/N-ethyl adjacent to an activating group) is 1. The van der Waals surface area contributed by atoms with Gasteiger partial charge < -0.3 is 9.88 Å². The van der Waals surface area contributed by atoms with E-state index in [4.69, 9.17) is 4.98 Å². The molecule has 0 bridgehead atoms. The molecular formula is C16H24N6S. The van der Waals surface area contributed by atoms with Crippen LogP contribution in [0.2, 0.25) is 0 Å². The molecule has 2 aliphatic rings. The van der Waals surface area contributed by atoms with Gasteiger partial charge >= 0.3 is 0 Å². The fourth-order valence-corrected chi connectivity index (χ4v) is 4.58. The number of imidazole rings is 1. The summed E-state index contributed by atoms with van der Waals surface area (Å²) in [6.07, 6.45) is 8.92. The second-order valence-corrected chi connectivity index (χ2v) is 7.21. The van der Waals surface area contributed by atoms with E-state index in [0.717, 1.165) is 43.0 Å². The third-order valence-electron chi connectivity index (χ3n) is 5.15. The summed E-state index contributed by atoms with van der Waals surface area (Å²) in [5.74, 6) is 2.73. The molecule has 0 aromatic carbocycles. The molecule has 124 valence electrons. The lowest BCUT2D eigenvalue weighted by molar-refractivity contribution is 0.180. The number of hydrogen-bond acceptors (Lipinski definition) is 6. The highest BCUT2D eigenvalue weighted by Crippen LogP contribution is 2.35. The lowest BCUT2D eigenvalue weighted by atomic mass is 10.1. The second kappa shape index (κ2) is 6.57. The van der Waals surface area contributed by atoms with Crippen molar-refractivity contribution in [1.29, 1.82) is 0 Å². The smallest absolute Gasteiger partial charge is 0.205 e. The summed E-state index contributed by atoms with van der Waals surface area (Å²) in [6, 6.07) is 0.308. The molecule has 1 aliphatic heterocycles. The Hall–Kier alpha value is -1.47. The molecule has 3 heterocycles. The minimum atomic E-state index is 0.308. The zero-order valence-corrected chi connectivity index (χ0v) is 14.4. The fourth-order valence-electron chi connectivity index (χ4n) is 3.80. The first-order valence-corrected chi connectivity index (χ1v) is 9.44. The maximum absolute atomic E-state index is 4.87. The summed E-state index contributed by atoms with van der Waals surface area (Å²) < 4.78 is 4.65. The van der Waals surface area contributed by atoms with Gasteiger partial charge in [-0.1, -0.05) is 19.8 Å². The van der Waals surface area contributed by atoms with E-state index >= 15 is 0 Å². The van der Waals surface area contributed by atoms with Crippen molar-refractivity contribution in [2.24, 2.45) is 0 Å². The van der Waals surface area contributed by atoms with E-state index in [-0.39, 0.29) is 0 Å². The molecule has 1 atom stereocenters. The Labute approximate surface area is 141 Å². The van der Waals surface area contributed by atoms with Crippen LogP contribution in [0, 0.1) is 0 Å². The van der Waals surface area contributed by atoms with Gasteiger partial charge in [0.05, 0.1) is 6.04 Å². The third kappa shape index (κ3) is 2.99. The first kappa shape index (κ1) is 15.1. The third-order valence-corrected chi connectivity index (χ3v) is 5.95. The monoisotopic (exact) mass is 332 g/mol. The molecule has 0 spiro atoms. The summed E-state index contributed by atoms with van der Waals surface area (Å²) in [6.45, 7) is 6.25. The quantitative estimate of drug-likeness (QED) is 0.933. The zero-order valence-electron chi connectivity index (χ0n) is 13.6. The van der Waals surface area contributed by atoms with Gasteiger partial charge in [-0.15, -0.1) is 0 Å². The van der Waals surface area contributed by atoms with Crippen molar-refractivity contribution in [1.82, 2.24) is 24.2 Å². The van der Waals surface area contributed by atoms with Gasteiger partial charge in [-0.2, -0.15) is 4.37 Å².